The largest absolute Gasteiger partial charge is 0.397 e. The van der Waals surface area contributed by atoms with Gasteiger partial charge < -0.3 is 16.4 Å². The summed E-state index contributed by atoms with van der Waals surface area (Å²) in [5.74, 6) is -0.0317. The Hall–Kier alpha value is -1.71. The average molecular weight is 193 g/mol. The summed E-state index contributed by atoms with van der Waals surface area (Å²) in [6, 6.07) is 7.36. The van der Waals surface area contributed by atoms with Crippen molar-refractivity contribution in [3.05, 3.63) is 24.3 Å². The molecular weight excluding hydrogens is 178 g/mol. The van der Waals surface area contributed by atoms with Crippen molar-refractivity contribution in [3.8, 4) is 0 Å². The molecule has 0 aromatic heterocycles. The van der Waals surface area contributed by atoms with Crippen molar-refractivity contribution in [2.24, 2.45) is 0 Å². The summed E-state index contributed by atoms with van der Waals surface area (Å²) in [4.78, 5) is 11.1. The SMILES string of the molecule is CCNC(=O)CNc1ccccc1N. The molecule has 1 aromatic carbocycles. The van der Waals surface area contributed by atoms with Crippen LogP contribution in [-0.4, -0.2) is 19.0 Å². The highest BCUT2D eigenvalue weighted by Crippen LogP contribution is 2.15. The van der Waals surface area contributed by atoms with Crippen molar-refractivity contribution in [2.45, 2.75) is 6.92 Å². The quantitative estimate of drug-likeness (QED) is 0.620. The Morgan fingerprint density at radius 2 is 2.14 bits per heavy atom. The van der Waals surface area contributed by atoms with Crippen molar-refractivity contribution >= 4 is 17.3 Å². The second-order valence-corrected chi connectivity index (χ2v) is 2.89. The van der Waals surface area contributed by atoms with E-state index in [9.17, 15) is 4.79 Å². The molecule has 0 fully saturated rings. The zero-order valence-corrected chi connectivity index (χ0v) is 8.21. The fraction of sp³-hybridized carbons (Fsp3) is 0.300. The Kier molecular flexibility index (Phi) is 3.79. The molecule has 76 valence electrons. The molecule has 0 spiro atoms. The van der Waals surface area contributed by atoms with Gasteiger partial charge in [-0.2, -0.15) is 0 Å². The maximum atomic E-state index is 11.1. The van der Waals surface area contributed by atoms with Crippen molar-refractivity contribution in [2.75, 3.05) is 24.1 Å². The van der Waals surface area contributed by atoms with Crippen LogP contribution in [0.3, 0.4) is 0 Å². The number of benzene rings is 1. The van der Waals surface area contributed by atoms with Crippen LogP contribution >= 0.6 is 0 Å². The molecular formula is C10H15N3O. The number of hydrogen-bond acceptors (Lipinski definition) is 3. The van der Waals surface area contributed by atoms with Gasteiger partial charge in [0.25, 0.3) is 0 Å². The number of anilines is 2. The summed E-state index contributed by atoms with van der Waals surface area (Å²) in [5.41, 5.74) is 7.13. The van der Waals surface area contributed by atoms with E-state index in [1.165, 1.54) is 0 Å². The standard InChI is InChI=1S/C10H15N3O/c1-2-12-10(14)7-13-9-6-4-3-5-8(9)11/h3-6,13H,2,7,11H2,1H3,(H,12,14). The predicted molar refractivity (Wildman–Crippen MR) is 58.0 cm³/mol. The van der Waals surface area contributed by atoms with Gasteiger partial charge >= 0.3 is 0 Å². The highest BCUT2D eigenvalue weighted by Gasteiger charge is 2.00. The summed E-state index contributed by atoms with van der Waals surface area (Å²) < 4.78 is 0. The molecule has 0 aliphatic heterocycles. The second kappa shape index (κ2) is 5.11. The van der Waals surface area contributed by atoms with E-state index in [0.29, 0.717) is 12.2 Å². The normalized spacial score (nSPS) is 9.50. The number of rotatable bonds is 4. The first-order valence-corrected chi connectivity index (χ1v) is 4.59. The number of amides is 1. The molecule has 0 saturated heterocycles. The molecule has 4 nitrogen and oxygen atoms in total. The van der Waals surface area contributed by atoms with Crippen LogP contribution in [0.15, 0.2) is 24.3 Å². The van der Waals surface area contributed by atoms with Gasteiger partial charge in [-0.3, -0.25) is 4.79 Å². The third kappa shape index (κ3) is 2.97. The molecule has 0 aliphatic rings. The van der Waals surface area contributed by atoms with Crippen LogP contribution in [0.5, 0.6) is 0 Å². The van der Waals surface area contributed by atoms with Gasteiger partial charge in [0.05, 0.1) is 17.9 Å². The number of carbonyl (C=O) groups excluding carboxylic acids is 1. The van der Waals surface area contributed by atoms with E-state index in [1.54, 1.807) is 6.07 Å². The van der Waals surface area contributed by atoms with Crippen molar-refractivity contribution < 1.29 is 4.79 Å². The minimum absolute atomic E-state index is 0.0317. The van der Waals surface area contributed by atoms with Crippen LogP contribution in [0.25, 0.3) is 0 Å². The Balaban J connectivity index is 2.46. The molecule has 1 amide bonds. The first-order valence-electron chi connectivity index (χ1n) is 4.59. The first kappa shape index (κ1) is 10.4. The smallest absolute Gasteiger partial charge is 0.239 e. The van der Waals surface area contributed by atoms with Crippen molar-refractivity contribution in [3.63, 3.8) is 0 Å². The maximum Gasteiger partial charge on any atom is 0.239 e. The molecule has 14 heavy (non-hydrogen) atoms. The number of nitrogens with one attached hydrogen (secondary N) is 2. The van der Waals surface area contributed by atoms with E-state index >= 15 is 0 Å². The average Bonchev–Trinajstić information content (AvgIpc) is 2.17. The van der Waals surface area contributed by atoms with Gasteiger partial charge in [0.1, 0.15) is 0 Å². The second-order valence-electron chi connectivity index (χ2n) is 2.89. The maximum absolute atomic E-state index is 11.1. The summed E-state index contributed by atoms with van der Waals surface area (Å²) in [6.07, 6.45) is 0. The molecule has 0 atom stereocenters. The lowest BCUT2D eigenvalue weighted by atomic mass is 10.3. The van der Waals surface area contributed by atoms with Gasteiger partial charge in [-0.25, -0.2) is 0 Å². The summed E-state index contributed by atoms with van der Waals surface area (Å²) in [5, 5.41) is 5.65. The number of hydrogen-bond donors (Lipinski definition) is 3. The van der Waals surface area contributed by atoms with Gasteiger partial charge in [0.15, 0.2) is 0 Å². The van der Waals surface area contributed by atoms with Crippen LogP contribution < -0.4 is 16.4 Å². The molecule has 0 bridgehead atoms. The third-order valence-corrected chi connectivity index (χ3v) is 1.77. The van der Waals surface area contributed by atoms with Crippen LogP contribution in [0, 0.1) is 0 Å². The molecule has 0 aliphatic carbocycles. The van der Waals surface area contributed by atoms with Gasteiger partial charge in [-0.1, -0.05) is 12.1 Å². The Morgan fingerprint density at radius 3 is 2.79 bits per heavy atom. The molecule has 0 saturated carbocycles. The molecule has 0 unspecified atom stereocenters. The number of para-hydroxylation sites is 2. The fourth-order valence-corrected chi connectivity index (χ4v) is 1.09. The number of carbonyl (C=O) groups is 1. The highest BCUT2D eigenvalue weighted by molar-refractivity contribution is 5.82. The van der Waals surface area contributed by atoms with E-state index < -0.39 is 0 Å². The van der Waals surface area contributed by atoms with Gasteiger partial charge in [0, 0.05) is 6.54 Å². The van der Waals surface area contributed by atoms with E-state index in [4.69, 9.17) is 5.73 Å². The van der Waals surface area contributed by atoms with Gasteiger partial charge in [0.2, 0.25) is 5.91 Å². The molecule has 1 aromatic rings. The Labute approximate surface area is 83.5 Å². The van der Waals surface area contributed by atoms with Crippen LogP contribution in [0.2, 0.25) is 0 Å². The molecule has 4 N–H and O–H groups in total. The molecule has 1 rings (SSSR count). The van der Waals surface area contributed by atoms with Crippen LogP contribution in [0.1, 0.15) is 6.92 Å². The number of nitrogens with two attached hydrogens (primary N) is 1. The fourth-order valence-electron chi connectivity index (χ4n) is 1.09. The van der Waals surface area contributed by atoms with Crippen LogP contribution in [0.4, 0.5) is 11.4 Å². The summed E-state index contributed by atoms with van der Waals surface area (Å²) in [7, 11) is 0. The first-order chi connectivity index (χ1) is 6.74. The van der Waals surface area contributed by atoms with Crippen molar-refractivity contribution in [1.82, 2.24) is 5.32 Å². The van der Waals surface area contributed by atoms with Gasteiger partial charge in [-0.05, 0) is 19.1 Å². The van der Waals surface area contributed by atoms with E-state index in [1.807, 2.05) is 25.1 Å². The number of nitrogen functional groups attached to an aromatic ring is 1. The van der Waals surface area contributed by atoms with Crippen molar-refractivity contribution in [1.29, 1.82) is 0 Å². The van der Waals surface area contributed by atoms with Gasteiger partial charge in [-0.15, -0.1) is 0 Å². The third-order valence-electron chi connectivity index (χ3n) is 1.77. The Morgan fingerprint density at radius 1 is 1.43 bits per heavy atom. The molecule has 4 heteroatoms. The van der Waals surface area contributed by atoms with Crippen LogP contribution in [-0.2, 0) is 4.79 Å². The topological polar surface area (TPSA) is 67.2 Å². The minimum Gasteiger partial charge on any atom is -0.397 e. The zero-order valence-electron chi connectivity index (χ0n) is 8.21. The summed E-state index contributed by atoms with van der Waals surface area (Å²) in [6.45, 7) is 2.78. The summed E-state index contributed by atoms with van der Waals surface area (Å²) >= 11 is 0. The molecule has 0 heterocycles. The van der Waals surface area contributed by atoms with E-state index in [2.05, 4.69) is 10.6 Å². The van der Waals surface area contributed by atoms with E-state index in [-0.39, 0.29) is 12.5 Å². The lowest BCUT2D eigenvalue weighted by Crippen LogP contribution is -2.29. The lowest BCUT2D eigenvalue weighted by molar-refractivity contribution is -0.119. The molecule has 0 radical (unpaired) electrons. The van der Waals surface area contributed by atoms with E-state index in [0.717, 1.165) is 5.69 Å². The monoisotopic (exact) mass is 193 g/mol. The Bertz CT molecular complexity index is 312. The number of likely N-dealkylation sites (N-methyl/N-ethyl adjacent to an activating group) is 1. The minimum atomic E-state index is -0.0317. The zero-order chi connectivity index (χ0) is 10.4. The predicted octanol–water partition coefficient (Wildman–Crippen LogP) is 0.817. The lowest BCUT2D eigenvalue weighted by Gasteiger charge is -2.08. The highest BCUT2D eigenvalue weighted by atomic mass is 16.1.